The van der Waals surface area contributed by atoms with Crippen LogP contribution in [0.1, 0.15) is 33.6 Å². The van der Waals surface area contributed by atoms with Crippen molar-refractivity contribution in [3.8, 4) is 0 Å². The summed E-state index contributed by atoms with van der Waals surface area (Å²) in [5.41, 5.74) is 1.49. The number of nitrogens with one attached hydrogen (secondary N) is 2. The molecule has 1 aromatic carbocycles. The third-order valence-corrected chi connectivity index (χ3v) is 4.50. The largest absolute Gasteiger partial charge is 0.444 e. The lowest BCUT2D eigenvalue weighted by molar-refractivity contribution is 0.0188. The molecule has 1 unspecified atom stereocenters. The first-order valence-corrected chi connectivity index (χ1v) is 9.61. The van der Waals surface area contributed by atoms with Gasteiger partial charge in [-0.1, -0.05) is 0 Å². The van der Waals surface area contributed by atoms with Crippen molar-refractivity contribution < 1.29 is 19.7 Å². The van der Waals surface area contributed by atoms with Crippen LogP contribution in [0, 0.1) is 5.92 Å². The van der Waals surface area contributed by atoms with E-state index in [-0.39, 0.29) is 12.7 Å². The lowest BCUT2D eigenvalue weighted by Gasteiger charge is -2.33. The molecule has 0 bridgehead atoms. The highest BCUT2D eigenvalue weighted by atomic mass is 16.6. The zero-order valence-electron chi connectivity index (χ0n) is 16.6. The van der Waals surface area contributed by atoms with Crippen LogP contribution < -0.4 is 10.6 Å². The molecule has 1 amide bonds. The van der Waals surface area contributed by atoms with Crippen LogP contribution >= 0.6 is 0 Å². The third kappa shape index (κ3) is 7.64. The van der Waals surface area contributed by atoms with Gasteiger partial charge in [0.2, 0.25) is 0 Å². The number of aliphatic hydroxyl groups is 2. The van der Waals surface area contributed by atoms with Crippen LogP contribution in [-0.4, -0.2) is 65.7 Å². The first-order chi connectivity index (χ1) is 12.8. The van der Waals surface area contributed by atoms with Crippen LogP contribution in [0.15, 0.2) is 24.3 Å². The molecule has 7 heteroatoms. The summed E-state index contributed by atoms with van der Waals surface area (Å²) in [6, 6.07) is 7.86. The van der Waals surface area contributed by atoms with Gasteiger partial charge in [-0.05, 0) is 63.8 Å². The summed E-state index contributed by atoms with van der Waals surface area (Å²) in [7, 11) is 0. The molecule has 1 aliphatic heterocycles. The molecule has 1 atom stereocenters. The Morgan fingerprint density at radius 3 is 2.26 bits per heavy atom. The van der Waals surface area contributed by atoms with Crippen LogP contribution in [0.5, 0.6) is 0 Å². The molecular weight excluding hydrogens is 346 g/mol. The normalized spacial score (nSPS) is 16.7. The maximum Gasteiger partial charge on any atom is 0.410 e. The fourth-order valence-electron chi connectivity index (χ4n) is 2.91. The van der Waals surface area contributed by atoms with Crippen molar-refractivity contribution in [2.24, 2.45) is 5.92 Å². The summed E-state index contributed by atoms with van der Waals surface area (Å²) < 4.78 is 5.43. The minimum absolute atomic E-state index is 0.219. The molecule has 0 aliphatic carbocycles. The molecule has 4 N–H and O–H groups in total. The molecule has 1 saturated heterocycles. The van der Waals surface area contributed by atoms with E-state index in [9.17, 15) is 9.90 Å². The first kappa shape index (κ1) is 21.3. The molecule has 152 valence electrons. The number of carbonyl (C=O) groups is 1. The highest BCUT2D eigenvalue weighted by Gasteiger charge is 2.26. The molecule has 1 aliphatic rings. The van der Waals surface area contributed by atoms with Crippen molar-refractivity contribution in [3.05, 3.63) is 24.3 Å². The maximum atomic E-state index is 12.1. The van der Waals surface area contributed by atoms with Crippen LogP contribution in [0.2, 0.25) is 0 Å². The van der Waals surface area contributed by atoms with E-state index in [1.807, 2.05) is 45.0 Å². The Kier molecular flexibility index (Phi) is 7.74. The monoisotopic (exact) mass is 379 g/mol. The second-order valence-corrected chi connectivity index (χ2v) is 8.09. The number of nitrogens with zero attached hydrogens (tertiary/aromatic N) is 1. The molecule has 2 rings (SSSR count). The number of amides is 1. The van der Waals surface area contributed by atoms with Gasteiger partial charge in [-0.15, -0.1) is 0 Å². The second kappa shape index (κ2) is 9.80. The van der Waals surface area contributed by atoms with Crippen LogP contribution in [0.3, 0.4) is 0 Å². The van der Waals surface area contributed by atoms with Gasteiger partial charge >= 0.3 is 6.09 Å². The summed E-state index contributed by atoms with van der Waals surface area (Å²) in [5.74, 6) is 0.529. The minimum Gasteiger partial charge on any atom is -0.444 e. The number of hydrogen-bond acceptors (Lipinski definition) is 6. The van der Waals surface area contributed by atoms with Crippen molar-refractivity contribution in [1.29, 1.82) is 0 Å². The number of piperidine rings is 1. The molecule has 1 fully saturated rings. The first-order valence-electron chi connectivity index (χ1n) is 9.61. The fraction of sp³-hybridized carbons (Fsp3) is 0.650. The number of carbonyl (C=O) groups excluding carboxylic acids is 1. The Labute approximate surface area is 161 Å². The van der Waals surface area contributed by atoms with E-state index in [1.54, 1.807) is 4.90 Å². The maximum absolute atomic E-state index is 12.1. The quantitative estimate of drug-likeness (QED) is 0.582. The number of rotatable bonds is 7. The molecule has 0 radical (unpaired) electrons. The van der Waals surface area contributed by atoms with Crippen LogP contribution in [-0.2, 0) is 4.74 Å². The zero-order chi connectivity index (χ0) is 19.9. The van der Waals surface area contributed by atoms with E-state index in [1.165, 1.54) is 0 Å². The van der Waals surface area contributed by atoms with Gasteiger partial charge in [-0.3, -0.25) is 0 Å². The van der Waals surface area contributed by atoms with Gasteiger partial charge in [-0.25, -0.2) is 4.79 Å². The van der Waals surface area contributed by atoms with Crippen molar-refractivity contribution in [3.63, 3.8) is 0 Å². The van der Waals surface area contributed by atoms with E-state index in [2.05, 4.69) is 10.6 Å². The van der Waals surface area contributed by atoms with E-state index >= 15 is 0 Å². The molecule has 0 aromatic heterocycles. The highest BCUT2D eigenvalue weighted by molar-refractivity contribution is 5.68. The van der Waals surface area contributed by atoms with Gasteiger partial charge in [-0.2, -0.15) is 0 Å². The average molecular weight is 380 g/mol. The Hall–Kier alpha value is -1.99. The van der Waals surface area contributed by atoms with Gasteiger partial charge < -0.3 is 30.5 Å². The second-order valence-electron chi connectivity index (χ2n) is 8.09. The summed E-state index contributed by atoms with van der Waals surface area (Å²) in [6.45, 7) is 8.07. The van der Waals surface area contributed by atoms with Gasteiger partial charge in [0.1, 0.15) is 5.60 Å². The molecule has 27 heavy (non-hydrogen) atoms. The smallest absolute Gasteiger partial charge is 0.410 e. The lowest BCUT2D eigenvalue weighted by Crippen LogP contribution is -2.42. The van der Waals surface area contributed by atoms with E-state index in [4.69, 9.17) is 9.84 Å². The van der Waals surface area contributed by atoms with Gasteiger partial charge in [0.05, 0.1) is 12.7 Å². The Bertz CT molecular complexity index is 578. The van der Waals surface area contributed by atoms with Crippen LogP contribution in [0.25, 0.3) is 0 Å². The Balaban J connectivity index is 1.70. The van der Waals surface area contributed by atoms with Crippen molar-refractivity contribution in [2.75, 3.05) is 43.4 Å². The number of hydrogen-bond donors (Lipinski definition) is 4. The lowest BCUT2D eigenvalue weighted by atomic mass is 9.97. The van der Waals surface area contributed by atoms with Gasteiger partial charge in [0.25, 0.3) is 0 Å². The summed E-state index contributed by atoms with van der Waals surface area (Å²) in [5, 5.41) is 24.7. The van der Waals surface area contributed by atoms with Crippen LogP contribution in [0.4, 0.5) is 16.2 Å². The van der Waals surface area contributed by atoms with Gasteiger partial charge in [0.15, 0.2) is 0 Å². The third-order valence-electron chi connectivity index (χ3n) is 4.50. The minimum atomic E-state index is -0.755. The zero-order valence-corrected chi connectivity index (χ0v) is 16.6. The summed E-state index contributed by atoms with van der Waals surface area (Å²) >= 11 is 0. The van der Waals surface area contributed by atoms with Crippen molar-refractivity contribution in [1.82, 2.24) is 4.90 Å². The topological polar surface area (TPSA) is 94.1 Å². The number of likely N-dealkylation sites (tertiary alicyclic amines) is 1. The Morgan fingerprint density at radius 2 is 1.74 bits per heavy atom. The predicted molar refractivity (Wildman–Crippen MR) is 107 cm³/mol. The molecule has 0 saturated carbocycles. The van der Waals surface area contributed by atoms with E-state index in [0.29, 0.717) is 12.5 Å². The number of ether oxygens (including phenoxy) is 1. The Morgan fingerprint density at radius 1 is 1.19 bits per heavy atom. The molecular formula is C20H33N3O4. The summed E-state index contributed by atoms with van der Waals surface area (Å²) in [4.78, 5) is 13.9. The number of aliphatic hydroxyl groups excluding tert-OH is 2. The summed E-state index contributed by atoms with van der Waals surface area (Å²) in [6.07, 6.45) is 0.952. The number of anilines is 2. The average Bonchev–Trinajstić information content (AvgIpc) is 2.64. The van der Waals surface area contributed by atoms with Crippen molar-refractivity contribution in [2.45, 2.75) is 45.3 Å². The predicted octanol–water partition coefficient (Wildman–Crippen LogP) is 2.51. The van der Waals surface area contributed by atoms with E-state index < -0.39 is 11.7 Å². The molecule has 1 aromatic rings. The van der Waals surface area contributed by atoms with E-state index in [0.717, 1.165) is 43.9 Å². The molecule has 1 heterocycles. The SMILES string of the molecule is CC(C)(C)OC(=O)N1CCC(CNc2ccc(NCC(O)CO)cc2)CC1. The van der Waals surface area contributed by atoms with Crippen molar-refractivity contribution >= 4 is 17.5 Å². The van der Waals surface area contributed by atoms with Gasteiger partial charge in [0, 0.05) is 37.6 Å². The fourth-order valence-corrected chi connectivity index (χ4v) is 2.91. The standard InChI is InChI=1S/C20H33N3O4/c1-20(2,3)27-19(26)23-10-8-15(9-11-23)12-21-16-4-6-17(7-5-16)22-13-18(25)14-24/h4-7,15,18,21-22,24-25H,8-14H2,1-3H3. The number of benzene rings is 1. The highest BCUT2D eigenvalue weighted by Crippen LogP contribution is 2.21. The molecule has 0 spiro atoms. The molecule has 7 nitrogen and oxygen atoms in total.